The summed E-state index contributed by atoms with van der Waals surface area (Å²) >= 11 is 3.36. The molecule has 0 saturated carbocycles. The van der Waals surface area contributed by atoms with Gasteiger partial charge in [-0.3, -0.25) is 4.79 Å². The molecule has 110 valence electrons. The molecule has 0 aliphatic rings. The van der Waals surface area contributed by atoms with Crippen LogP contribution in [0.25, 0.3) is 0 Å². The van der Waals surface area contributed by atoms with E-state index in [-0.39, 0.29) is 5.78 Å². The smallest absolute Gasteiger partial charge is 0.193 e. The van der Waals surface area contributed by atoms with Crippen molar-refractivity contribution in [3.63, 3.8) is 0 Å². The monoisotopic (exact) mass is 348 g/mol. The fourth-order valence-electron chi connectivity index (χ4n) is 1.96. The number of carbonyl (C=O) groups excluding carboxylic acids is 1. The molecule has 0 N–H and O–H groups in total. The summed E-state index contributed by atoms with van der Waals surface area (Å²) in [6, 6.07) is 12.6. The molecule has 2 aromatic carbocycles. The Morgan fingerprint density at radius 1 is 0.905 bits per heavy atom. The van der Waals surface area contributed by atoms with E-state index < -0.39 is 0 Å². The quantitative estimate of drug-likeness (QED) is 0.722. The number of hydrogen-bond donors (Lipinski definition) is 0. The van der Waals surface area contributed by atoms with Gasteiger partial charge in [0.25, 0.3) is 0 Å². The van der Waals surface area contributed by atoms with E-state index in [1.807, 2.05) is 26.0 Å². The number of hydrogen-bond acceptors (Lipinski definition) is 3. The second kappa shape index (κ2) is 7.27. The molecule has 4 heteroatoms. The van der Waals surface area contributed by atoms with Gasteiger partial charge < -0.3 is 9.47 Å². The molecule has 0 amide bonds. The van der Waals surface area contributed by atoms with Crippen LogP contribution in [0.1, 0.15) is 29.8 Å². The highest BCUT2D eigenvalue weighted by atomic mass is 79.9. The molecule has 0 aliphatic carbocycles. The van der Waals surface area contributed by atoms with Crippen LogP contribution < -0.4 is 9.47 Å². The average molecular weight is 349 g/mol. The number of halogens is 1. The highest BCUT2D eigenvalue weighted by molar-refractivity contribution is 9.10. The van der Waals surface area contributed by atoms with E-state index in [4.69, 9.17) is 9.47 Å². The Morgan fingerprint density at radius 2 is 1.48 bits per heavy atom. The second-order valence-corrected chi connectivity index (χ2v) is 5.28. The molecule has 0 fully saturated rings. The van der Waals surface area contributed by atoms with Crippen molar-refractivity contribution in [2.24, 2.45) is 0 Å². The van der Waals surface area contributed by atoms with Gasteiger partial charge in [-0.15, -0.1) is 0 Å². The summed E-state index contributed by atoms with van der Waals surface area (Å²) in [7, 11) is 0. The van der Waals surface area contributed by atoms with Gasteiger partial charge in [-0.25, -0.2) is 0 Å². The van der Waals surface area contributed by atoms with Gasteiger partial charge in [0.15, 0.2) is 17.3 Å². The van der Waals surface area contributed by atoms with Gasteiger partial charge in [0.2, 0.25) is 0 Å². The first kappa shape index (κ1) is 15.6. The van der Waals surface area contributed by atoms with Crippen LogP contribution in [0.15, 0.2) is 46.9 Å². The largest absolute Gasteiger partial charge is 0.490 e. The van der Waals surface area contributed by atoms with Crippen molar-refractivity contribution >= 4 is 21.7 Å². The molecule has 0 aromatic heterocycles. The Bertz CT molecular complexity index is 620. The topological polar surface area (TPSA) is 35.5 Å². The van der Waals surface area contributed by atoms with E-state index in [9.17, 15) is 4.79 Å². The zero-order valence-electron chi connectivity index (χ0n) is 12.1. The normalized spacial score (nSPS) is 10.2. The van der Waals surface area contributed by atoms with Crippen LogP contribution in [0.5, 0.6) is 11.5 Å². The standard InChI is InChI=1S/C17H17BrO3/c1-3-20-15-10-7-13(11-16(15)21-4-2)17(19)12-5-8-14(18)9-6-12/h5-11H,3-4H2,1-2H3. The molecule has 0 aliphatic heterocycles. The molecule has 0 atom stereocenters. The maximum atomic E-state index is 12.5. The maximum absolute atomic E-state index is 12.5. The first-order valence-corrected chi connectivity index (χ1v) is 7.65. The number of benzene rings is 2. The van der Waals surface area contributed by atoms with Gasteiger partial charge in [-0.2, -0.15) is 0 Å². The molecule has 21 heavy (non-hydrogen) atoms. The molecular weight excluding hydrogens is 332 g/mol. The molecule has 2 rings (SSSR count). The van der Waals surface area contributed by atoms with Crippen LogP contribution in [0, 0.1) is 0 Å². The van der Waals surface area contributed by atoms with E-state index in [1.165, 1.54) is 0 Å². The van der Waals surface area contributed by atoms with Crippen LogP contribution in [0.4, 0.5) is 0 Å². The summed E-state index contributed by atoms with van der Waals surface area (Å²) < 4.78 is 12.0. The summed E-state index contributed by atoms with van der Waals surface area (Å²) in [6.45, 7) is 4.89. The lowest BCUT2D eigenvalue weighted by atomic mass is 10.0. The van der Waals surface area contributed by atoms with E-state index in [1.54, 1.807) is 30.3 Å². The van der Waals surface area contributed by atoms with Gasteiger partial charge in [-0.1, -0.05) is 15.9 Å². The van der Waals surface area contributed by atoms with Gasteiger partial charge in [-0.05, 0) is 56.3 Å². The third-order valence-corrected chi connectivity index (χ3v) is 3.44. The lowest BCUT2D eigenvalue weighted by Gasteiger charge is -2.12. The second-order valence-electron chi connectivity index (χ2n) is 4.36. The van der Waals surface area contributed by atoms with Gasteiger partial charge in [0, 0.05) is 15.6 Å². The first-order chi connectivity index (χ1) is 10.2. The summed E-state index contributed by atoms with van der Waals surface area (Å²) in [5.74, 6) is 1.22. The number of ether oxygens (including phenoxy) is 2. The summed E-state index contributed by atoms with van der Waals surface area (Å²) in [6.07, 6.45) is 0. The van der Waals surface area contributed by atoms with E-state index >= 15 is 0 Å². The van der Waals surface area contributed by atoms with Crippen molar-refractivity contribution in [2.75, 3.05) is 13.2 Å². The zero-order chi connectivity index (χ0) is 15.2. The van der Waals surface area contributed by atoms with Crippen molar-refractivity contribution < 1.29 is 14.3 Å². The lowest BCUT2D eigenvalue weighted by molar-refractivity contribution is 0.103. The number of rotatable bonds is 6. The minimum atomic E-state index is -0.0356. The van der Waals surface area contributed by atoms with Crippen LogP contribution in [0.2, 0.25) is 0 Å². The molecule has 0 saturated heterocycles. The first-order valence-electron chi connectivity index (χ1n) is 6.85. The van der Waals surface area contributed by atoms with Crippen molar-refractivity contribution in [1.29, 1.82) is 0 Å². The van der Waals surface area contributed by atoms with Crippen LogP contribution in [-0.2, 0) is 0 Å². The van der Waals surface area contributed by atoms with Crippen molar-refractivity contribution in [3.05, 3.63) is 58.1 Å². The van der Waals surface area contributed by atoms with Gasteiger partial charge in [0.1, 0.15) is 0 Å². The highest BCUT2D eigenvalue weighted by Crippen LogP contribution is 2.29. The summed E-state index contributed by atoms with van der Waals surface area (Å²) in [5.41, 5.74) is 1.23. The van der Waals surface area contributed by atoms with E-state index in [0.717, 1.165) is 4.47 Å². The van der Waals surface area contributed by atoms with E-state index in [0.29, 0.717) is 35.8 Å². The predicted octanol–water partition coefficient (Wildman–Crippen LogP) is 4.48. The number of carbonyl (C=O) groups is 1. The van der Waals surface area contributed by atoms with Gasteiger partial charge in [0.05, 0.1) is 13.2 Å². The Labute approximate surface area is 133 Å². The minimum absolute atomic E-state index is 0.0356. The Hall–Kier alpha value is -1.81. The minimum Gasteiger partial charge on any atom is -0.490 e. The fourth-order valence-corrected chi connectivity index (χ4v) is 2.22. The molecule has 0 spiro atoms. The lowest BCUT2D eigenvalue weighted by Crippen LogP contribution is -2.04. The van der Waals surface area contributed by atoms with E-state index in [2.05, 4.69) is 15.9 Å². The Morgan fingerprint density at radius 3 is 2.10 bits per heavy atom. The van der Waals surface area contributed by atoms with Crippen molar-refractivity contribution in [3.8, 4) is 11.5 Å². The average Bonchev–Trinajstić information content (AvgIpc) is 2.49. The molecular formula is C17H17BrO3. The highest BCUT2D eigenvalue weighted by Gasteiger charge is 2.13. The molecule has 0 radical (unpaired) electrons. The van der Waals surface area contributed by atoms with Gasteiger partial charge >= 0.3 is 0 Å². The fraction of sp³-hybridized carbons (Fsp3) is 0.235. The molecule has 3 nitrogen and oxygen atoms in total. The van der Waals surface area contributed by atoms with Crippen LogP contribution >= 0.6 is 15.9 Å². The zero-order valence-corrected chi connectivity index (χ0v) is 13.6. The Balaban J connectivity index is 2.32. The summed E-state index contributed by atoms with van der Waals surface area (Å²) in [4.78, 5) is 12.5. The molecule has 0 heterocycles. The molecule has 2 aromatic rings. The van der Waals surface area contributed by atoms with Crippen LogP contribution in [-0.4, -0.2) is 19.0 Å². The predicted molar refractivity (Wildman–Crippen MR) is 86.4 cm³/mol. The number of ketones is 1. The SMILES string of the molecule is CCOc1ccc(C(=O)c2ccc(Br)cc2)cc1OCC. The molecule has 0 bridgehead atoms. The van der Waals surface area contributed by atoms with Crippen molar-refractivity contribution in [2.45, 2.75) is 13.8 Å². The van der Waals surface area contributed by atoms with Crippen LogP contribution in [0.3, 0.4) is 0 Å². The third kappa shape index (κ3) is 3.85. The maximum Gasteiger partial charge on any atom is 0.193 e. The third-order valence-electron chi connectivity index (χ3n) is 2.91. The summed E-state index contributed by atoms with van der Waals surface area (Å²) in [5, 5.41) is 0. The Kier molecular flexibility index (Phi) is 5.39. The molecule has 0 unspecified atom stereocenters. The van der Waals surface area contributed by atoms with Crippen molar-refractivity contribution in [1.82, 2.24) is 0 Å².